The normalized spacial score (nSPS) is 10.8. The van der Waals surface area contributed by atoms with Crippen LogP contribution in [0.25, 0.3) is 17.3 Å². The molecule has 2 heterocycles. The molecule has 0 spiro atoms. The highest BCUT2D eigenvalue weighted by molar-refractivity contribution is 7.99. The number of hydrogen-bond donors (Lipinski definition) is 1. The summed E-state index contributed by atoms with van der Waals surface area (Å²) in [4.78, 5) is 12.2. The highest BCUT2D eigenvalue weighted by Crippen LogP contribution is 2.28. The van der Waals surface area contributed by atoms with Gasteiger partial charge in [-0.1, -0.05) is 30.0 Å². The Labute approximate surface area is 168 Å². The number of carbonyl (C=O) groups is 1. The van der Waals surface area contributed by atoms with Crippen LogP contribution in [0.1, 0.15) is 0 Å². The third-order valence-electron chi connectivity index (χ3n) is 3.93. The molecule has 146 valence electrons. The van der Waals surface area contributed by atoms with Gasteiger partial charge in [0.1, 0.15) is 11.6 Å². The van der Waals surface area contributed by atoms with Crippen molar-refractivity contribution in [2.45, 2.75) is 5.16 Å². The number of rotatable bonds is 6. The molecule has 4 aromatic rings. The molecule has 0 aliphatic carbocycles. The quantitative estimate of drug-likeness (QED) is 0.471. The molecule has 0 radical (unpaired) electrons. The molecule has 2 aromatic heterocycles. The second kappa shape index (κ2) is 8.27. The molecule has 0 saturated carbocycles. The Hall–Kier alpha value is -3.46. The maximum absolute atomic E-state index is 13.7. The van der Waals surface area contributed by atoms with E-state index in [1.54, 1.807) is 16.7 Å². The van der Waals surface area contributed by atoms with Gasteiger partial charge in [0.05, 0.1) is 17.7 Å². The lowest BCUT2D eigenvalue weighted by molar-refractivity contribution is -0.113. The number of aromatic nitrogens is 3. The summed E-state index contributed by atoms with van der Waals surface area (Å²) in [5.74, 6) is -1.02. The largest absolute Gasteiger partial charge is 0.461 e. The van der Waals surface area contributed by atoms with Crippen LogP contribution in [0.5, 0.6) is 0 Å². The molecular weight excluding hydrogens is 398 g/mol. The lowest BCUT2D eigenvalue weighted by atomic mass is 10.3. The molecule has 0 aliphatic rings. The van der Waals surface area contributed by atoms with Crippen LogP contribution in [-0.4, -0.2) is 26.4 Å². The van der Waals surface area contributed by atoms with E-state index in [-0.39, 0.29) is 11.4 Å². The van der Waals surface area contributed by atoms with Crippen LogP contribution in [0.15, 0.2) is 76.5 Å². The number of amides is 1. The number of para-hydroxylation sites is 1. The third-order valence-corrected chi connectivity index (χ3v) is 4.86. The second-order valence-electron chi connectivity index (χ2n) is 5.92. The first kappa shape index (κ1) is 18.9. The first-order valence-electron chi connectivity index (χ1n) is 8.54. The average Bonchev–Trinajstić information content (AvgIpc) is 3.38. The fourth-order valence-electron chi connectivity index (χ4n) is 2.65. The Balaban J connectivity index is 1.55. The van der Waals surface area contributed by atoms with Gasteiger partial charge in [-0.15, -0.1) is 10.2 Å². The number of thioether (sulfide) groups is 1. The lowest BCUT2D eigenvalue weighted by Gasteiger charge is -2.09. The van der Waals surface area contributed by atoms with Crippen molar-refractivity contribution in [1.82, 2.24) is 14.8 Å². The topological polar surface area (TPSA) is 73.0 Å². The zero-order valence-electron chi connectivity index (χ0n) is 14.9. The summed E-state index contributed by atoms with van der Waals surface area (Å²) in [7, 11) is 0. The number of furan rings is 1. The highest BCUT2D eigenvalue weighted by Gasteiger charge is 2.19. The van der Waals surface area contributed by atoms with Crippen LogP contribution in [0.2, 0.25) is 0 Å². The summed E-state index contributed by atoms with van der Waals surface area (Å²) in [5.41, 5.74) is 0.717. The molecule has 0 bridgehead atoms. The minimum Gasteiger partial charge on any atom is -0.461 e. The Morgan fingerprint density at radius 2 is 1.90 bits per heavy atom. The first-order valence-corrected chi connectivity index (χ1v) is 9.53. The molecule has 0 saturated heterocycles. The maximum Gasteiger partial charge on any atom is 0.234 e. The molecule has 0 fully saturated rings. The molecule has 0 atom stereocenters. The fraction of sp³-hybridized carbons (Fsp3) is 0.0500. The van der Waals surface area contributed by atoms with Gasteiger partial charge in [0.15, 0.2) is 10.9 Å². The Bertz CT molecular complexity index is 1130. The fourth-order valence-corrected chi connectivity index (χ4v) is 3.40. The second-order valence-corrected chi connectivity index (χ2v) is 6.86. The summed E-state index contributed by atoms with van der Waals surface area (Å²) in [6.45, 7) is 0. The van der Waals surface area contributed by atoms with E-state index >= 15 is 0 Å². The van der Waals surface area contributed by atoms with Gasteiger partial charge in [-0.3, -0.25) is 9.36 Å². The monoisotopic (exact) mass is 412 g/mol. The number of carbonyl (C=O) groups excluding carboxylic acids is 1. The van der Waals surface area contributed by atoms with Crippen LogP contribution in [0.3, 0.4) is 0 Å². The van der Waals surface area contributed by atoms with Crippen molar-refractivity contribution in [1.29, 1.82) is 0 Å². The molecule has 9 heteroatoms. The number of halogens is 2. The van der Waals surface area contributed by atoms with Crippen LogP contribution in [0, 0.1) is 11.6 Å². The van der Waals surface area contributed by atoms with Gasteiger partial charge in [-0.05, 0) is 36.4 Å². The van der Waals surface area contributed by atoms with E-state index in [4.69, 9.17) is 4.42 Å². The van der Waals surface area contributed by atoms with Gasteiger partial charge in [-0.25, -0.2) is 8.78 Å². The molecule has 4 rings (SSSR count). The Kier molecular flexibility index (Phi) is 5.39. The van der Waals surface area contributed by atoms with E-state index in [2.05, 4.69) is 15.5 Å². The van der Waals surface area contributed by atoms with E-state index < -0.39 is 17.5 Å². The van der Waals surface area contributed by atoms with E-state index in [1.807, 2.05) is 30.3 Å². The number of benzene rings is 2. The van der Waals surface area contributed by atoms with Crippen LogP contribution in [0.4, 0.5) is 14.5 Å². The summed E-state index contributed by atoms with van der Waals surface area (Å²) in [6.07, 6.45) is 1.54. The lowest BCUT2D eigenvalue weighted by Crippen LogP contribution is -2.15. The maximum atomic E-state index is 13.7. The van der Waals surface area contributed by atoms with Crippen molar-refractivity contribution < 1.29 is 18.0 Å². The summed E-state index contributed by atoms with van der Waals surface area (Å²) < 4.78 is 33.9. The minimum atomic E-state index is -0.837. The van der Waals surface area contributed by atoms with Crippen molar-refractivity contribution in [3.63, 3.8) is 0 Å². The van der Waals surface area contributed by atoms with Crippen molar-refractivity contribution in [3.8, 4) is 17.3 Å². The van der Waals surface area contributed by atoms with Crippen LogP contribution >= 0.6 is 11.8 Å². The standard InChI is InChI=1S/C20H14F2N4O2S/c21-13-8-9-16(15(22)11-13)23-18(27)12-29-20-25-24-19(17-7-4-10-28-17)26(20)14-5-2-1-3-6-14/h1-11H,12H2,(H,23,27). The van der Waals surface area contributed by atoms with E-state index in [0.29, 0.717) is 22.8 Å². The van der Waals surface area contributed by atoms with E-state index in [9.17, 15) is 13.6 Å². The number of anilines is 1. The van der Waals surface area contributed by atoms with Crippen molar-refractivity contribution in [2.24, 2.45) is 0 Å². The van der Waals surface area contributed by atoms with Crippen molar-refractivity contribution >= 4 is 23.4 Å². The first-order chi connectivity index (χ1) is 14.1. The molecule has 29 heavy (non-hydrogen) atoms. The number of nitrogens with zero attached hydrogens (tertiary/aromatic N) is 3. The molecule has 2 aromatic carbocycles. The third kappa shape index (κ3) is 4.19. The molecule has 0 unspecified atom stereocenters. The summed E-state index contributed by atoms with van der Waals surface area (Å²) >= 11 is 1.14. The number of hydrogen-bond acceptors (Lipinski definition) is 5. The van der Waals surface area contributed by atoms with Crippen LogP contribution in [-0.2, 0) is 4.79 Å². The zero-order valence-corrected chi connectivity index (χ0v) is 15.7. The van der Waals surface area contributed by atoms with Gasteiger partial charge in [0.2, 0.25) is 11.7 Å². The van der Waals surface area contributed by atoms with Gasteiger partial charge >= 0.3 is 0 Å². The van der Waals surface area contributed by atoms with Crippen molar-refractivity contribution in [2.75, 3.05) is 11.1 Å². The molecule has 6 nitrogen and oxygen atoms in total. The van der Waals surface area contributed by atoms with Gasteiger partial charge < -0.3 is 9.73 Å². The van der Waals surface area contributed by atoms with E-state index in [0.717, 1.165) is 23.5 Å². The molecule has 1 amide bonds. The van der Waals surface area contributed by atoms with Gasteiger partial charge in [-0.2, -0.15) is 0 Å². The summed E-state index contributed by atoms with van der Waals surface area (Å²) in [6, 6.07) is 15.9. The highest BCUT2D eigenvalue weighted by atomic mass is 32.2. The SMILES string of the molecule is O=C(CSc1nnc(-c2ccco2)n1-c1ccccc1)Nc1ccc(F)cc1F. The Morgan fingerprint density at radius 3 is 2.62 bits per heavy atom. The molecule has 1 N–H and O–H groups in total. The van der Waals surface area contributed by atoms with E-state index in [1.165, 1.54) is 12.3 Å². The molecule has 0 aliphatic heterocycles. The Morgan fingerprint density at radius 1 is 1.07 bits per heavy atom. The smallest absolute Gasteiger partial charge is 0.234 e. The van der Waals surface area contributed by atoms with Crippen molar-refractivity contribution in [3.05, 3.63) is 78.6 Å². The zero-order chi connectivity index (χ0) is 20.2. The average molecular weight is 412 g/mol. The van der Waals surface area contributed by atoms with Gasteiger partial charge in [0.25, 0.3) is 0 Å². The minimum absolute atomic E-state index is 0.0417. The molecular formula is C20H14F2N4O2S. The predicted molar refractivity (Wildman–Crippen MR) is 105 cm³/mol. The van der Waals surface area contributed by atoms with Crippen LogP contribution < -0.4 is 5.32 Å². The van der Waals surface area contributed by atoms with Gasteiger partial charge in [0, 0.05) is 11.8 Å². The predicted octanol–water partition coefficient (Wildman–Crippen LogP) is 4.54. The summed E-state index contributed by atoms with van der Waals surface area (Å²) in [5, 5.41) is 11.2. The number of nitrogens with one attached hydrogen (secondary N) is 1.